The number of carbonyl (C=O) groups is 1. The van der Waals surface area contributed by atoms with Gasteiger partial charge in [0.05, 0.1) is 11.3 Å². The van der Waals surface area contributed by atoms with Gasteiger partial charge < -0.3 is 10.1 Å². The number of rotatable bonds is 4. The Morgan fingerprint density at radius 1 is 1.16 bits per heavy atom. The molecule has 31 heavy (non-hydrogen) atoms. The molecule has 1 N–H and O–H groups in total. The first-order chi connectivity index (χ1) is 15.0. The van der Waals surface area contributed by atoms with Gasteiger partial charge >= 0.3 is 5.97 Å². The lowest BCUT2D eigenvalue weighted by Crippen LogP contribution is -2.45. The largest absolute Gasteiger partial charge is 0.457 e. The number of fused-ring (bicyclic) bond motifs is 1. The molecule has 1 aromatic carbocycles. The van der Waals surface area contributed by atoms with Crippen LogP contribution in [0.1, 0.15) is 50.0 Å². The summed E-state index contributed by atoms with van der Waals surface area (Å²) in [7, 11) is 0. The van der Waals surface area contributed by atoms with Crippen LogP contribution in [0.5, 0.6) is 0 Å². The molecular formula is C23H26N6O2. The first kappa shape index (κ1) is 19.8. The molecule has 8 heteroatoms. The molecule has 1 unspecified atom stereocenters. The Labute approximate surface area is 181 Å². The average molecular weight is 419 g/mol. The lowest BCUT2D eigenvalue weighted by Gasteiger charge is -2.34. The van der Waals surface area contributed by atoms with Gasteiger partial charge in [0.1, 0.15) is 12.9 Å². The van der Waals surface area contributed by atoms with Crippen molar-refractivity contribution in [2.45, 2.75) is 40.0 Å². The number of aromatic nitrogens is 4. The fourth-order valence-corrected chi connectivity index (χ4v) is 4.42. The summed E-state index contributed by atoms with van der Waals surface area (Å²) in [4.78, 5) is 27.7. The molecule has 2 aliphatic rings. The van der Waals surface area contributed by atoms with E-state index in [-0.39, 0.29) is 12.0 Å². The molecule has 0 aliphatic carbocycles. The van der Waals surface area contributed by atoms with E-state index in [0.29, 0.717) is 18.1 Å². The summed E-state index contributed by atoms with van der Waals surface area (Å²) in [5.74, 6) is 0.429. The maximum Gasteiger partial charge on any atom is 0.338 e. The van der Waals surface area contributed by atoms with Crippen LogP contribution in [0, 0.1) is 20.8 Å². The van der Waals surface area contributed by atoms with Crippen molar-refractivity contribution in [1.82, 2.24) is 29.7 Å². The Morgan fingerprint density at radius 2 is 1.97 bits per heavy atom. The molecule has 8 nitrogen and oxygen atoms in total. The third-order valence-corrected chi connectivity index (χ3v) is 6.41. The zero-order valence-electron chi connectivity index (χ0n) is 18.1. The van der Waals surface area contributed by atoms with Crippen LogP contribution in [0.15, 0.2) is 30.9 Å². The minimum Gasteiger partial charge on any atom is -0.457 e. The predicted molar refractivity (Wildman–Crippen MR) is 115 cm³/mol. The monoisotopic (exact) mass is 418 g/mol. The minimum atomic E-state index is -0.215. The van der Waals surface area contributed by atoms with E-state index in [1.54, 1.807) is 6.33 Å². The standard InChI is InChI=1S/C23H26N6O2/c1-14-18(4-5-19-20(14)12-31-22(19)30)21-11-28(7-6-24-21)10-17-8-25-23(26-9-17)29-13-27-15(2)16(29)3/h4-5,8-9,13,21,24H,6-7,10-12H2,1-3H3. The normalized spacial score (nSPS) is 18.8. The second-order valence-electron chi connectivity index (χ2n) is 8.30. The molecule has 1 saturated heterocycles. The predicted octanol–water partition coefficient (Wildman–Crippen LogP) is 2.40. The first-order valence-corrected chi connectivity index (χ1v) is 10.6. The Bertz CT molecular complexity index is 1140. The lowest BCUT2D eigenvalue weighted by atomic mass is 9.93. The van der Waals surface area contributed by atoms with Gasteiger partial charge in [0.25, 0.3) is 0 Å². The summed E-state index contributed by atoms with van der Waals surface area (Å²) < 4.78 is 7.12. The summed E-state index contributed by atoms with van der Waals surface area (Å²) in [5, 5.41) is 3.62. The van der Waals surface area contributed by atoms with E-state index in [2.05, 4.69) is 38.2 Å². The Morgan fingerprint density at radius 3 is 2.71 bits per heavy atom. The van der Waals surface area contributed by atoms with Crippen molar-refractivity contribution in [2.24, 2.45) is 0 Å². The fraction of sp³-hybridized carbons (Fsp3) is 0.391. The van der Waals surface area contributed by atoms with Crippen molar-refractivity contribution >= 4 is 5.97 Å². The van der Waals surface area contributed by atoms with Crippen molar-refractivity contribution in [1.29, 1.82) is 0 Å². The third-order valence-electron chi connectivity index (χ3n) is 6.41. The van der Waals surface area contributed by atoms with Crippen LogP contribution in [0.2, 0.25) is 0 Å². The van der Waals surface area contributed by atoms with Crippen LogP contribution in [0.25, 0.3) is 5.95 Å². The maximum atomic E-state index is 11.8. The molecule has 0 saturated carbocycles. The Balaban J connectivity index is 1.29. The van der Waals surface area contributed by atoms with Gasteiger partial charge in [0.15, 0.2) is 0 Å². The molecule has 3 aromatic rings. The molecule has 1 atom stereocenters. The number of hydrogen-bond donors (Lipinski definition) is 1. The zero-order chi connectivity index (χ0) is 21.5. The molecule has 2 aliphatic heterocycles. The fourth-order valence-electron chi connectivity index (χ4n) is 4.42. The molecule has 4 heterocycles. The van der Waals surface area contributed by atoms with Gasteiger partial charge in [-0.1, -0.05) is 6.07 Å². The molecule has 0 radical (unpaired) electrons. The Kier molecular flexibility index (Phi) is 5.03. The van der Waals surface area contributed by atoms with Gasteiger partial charge in [-0.05, 0) is 38.0 Å². The number of cyclic esters (lactones) is 1. The third kappa shape index (κ3) is 3.62. The number of imidazole rings is 1. The van der Waals surface area contributed by atoms with E-state index in [1.165, 1.54) is 5.56 Å². The van der Waals surface area contributed by atoms with Crippen molar-refractivity contribution in [3.8, 4) is 5.95 Å². The first-order valence-electron chi connectivity index (χ1n) is 10.6. The Hall–Kier alpha value is -3.10. The highest BCUT2D eigenvalue weighted by atomic mass is 16.5. The number of aryl methyl sites for hydroxylation is 1. The number of hydrogen-bond acceptors (Lipinski definition) is 7. The van der Waals surface area contributed by atoms with Crippen LogP contribution < -0.4 is 5.32 Å². The number of piperazine rings is 1. The van der Waals surface area contributed by atoms with Gasteiger partial charge in [-0.3, -0.25) is 9.47 Å². The summed E-state index contributed by atoms with van der Waals surface area (Å²) >= 11 is 0. The SMILES string of the molecule is Cc1ncn(-c2ncc(CN3CCNC(c4ccc5c(c4C)COC5=O)C3)cn2)c1C. The van der Waals surface area contributed by atoms with Crippen molar-refractivity contribution < 1.29 is 9.53 Å². The molecule has 5 rings (SSSR count). The van der Waals surface area contributed by atoms with Crippen LogP contribution in [0.3, 0.4) is 0 Å². The van der Waals surface area contributed by atoms with Gasteiger partial charge in [0.2, 0.25) is 5.95 Å². The number of carbonyl (C=O) groups excluding carboxylic acids is 1. The molecular weight excluding hydrogens is 392 g/mol. The van der Waals surface area contributed by atoms with E-state index in [4.69, 9.17) is 4.74 Å². The minimum absolute atomic E-state index is 0.214. The number of esters is 1. The van der Waals surface area contributed by atoms with E-state index in [9.17, 15) is 4.79 Å². The summed E-state index contributed by atoms with van der Waals surface area (Å²) in [5.41, 5.74) is 7.24. The summed E-state index contributed by atoms with van der Waals surface area (Å²) in [6.07, 6.45) is 5.56. The van der Waals surface area contributed by atoms with Gasteiger partial charge in [-0.15, -0.1) is 0 Å². The van der Waals surface area contributed by atoms with Crippen LogP contribution in [0.4, 0.5) is 0 Å². The van der Waals surface area contributed by atoms with E-state index < -0.39 is 0 Å². The number of nitrogens with zero attached hydrogens (tertiary/aromatic N) is 5. The molecule has 1 fully saturated rings. The van der Waals surface area contributed by atoms with Gasteiger partial charge in [-0.25, -0.2) is 19.7 Å². The van der Waals surface area contributed by atoms with Crippen LogP contribution in [-0.4, -0.2) is 50.0 Å². The highest BCUT2D eigenvalue weighted by molar-refractivity contribution is 5.94. The van der Waals surface area contributed by atoms with Crippen LogP contribution in [-0.2, 0) is 17.9 Å². The van der Waals surface area contributed by atoms with Crippen molar-refractivity contribution in [3.63, 3.8) is 0 Å². The molecule has 0 amide bonds. The van der Waals surface area contributed by atoms with E-state index in [1.807, 2.05) is 36.9 Å². The van der Waals surface area contributed by atoms with Gasteiger partial charge in [0, 0.05) is 61.4 Å². The summed E-state index contributed by atoms with van der Waals surface area (Å²) in [6, 6.07) is 4.18. The van der Waals surface area contributed by atoms with Crippen molar-refractivity contribution in [3.05, 3.63) is 70.1 Å². The smallest absolute Gasteiger partial charge is 0.338 e. The lowest BCUT2D eigenvalue weighted by molar-refractivity contribution is 0.0535. The average Bonchev–Trinajstić information content (AvgIpc) is 3.32. The topological polar surface area (TPSA) is 85.2 Å². The quantitative estimate of drug-likeness (QED) is 0.651. The van der Waals surface area contributed by atoms with Crippen molar-refractivity contribution in [2.75, 3.05) is 19.6 Å². The van der Waals surface area contributed by atoms with Gasteiger partial charge in [-0.2, -0.15) is 0 Å². The zero-order valence-corrected chi connectivity index (χ0v) is 18.1. The molecule has 0 bridgehead atoms. The highest BCUT2D eigenvalue weighted by Crippen LogP contribution is 2.30. The molecule has 0 spiro atoms. The maximum absolute atomic E-state index is 11.8. The number of ether oxygens (including phenoxy) is 1. The molecule has 2 aromatic heterocycles. The molecule has 160 valence electrons. The number of nitrogens with one attached hydrogen (secondary N) is 1. The van der Waals surface area contributed by atoms with E-state index in [0.717, 1.165) is 54.3 Å². The second-order valence-corrected chi connectivity index (χ2v) is 8.30. The second kappa shape index (κ2) is 7.86. The highest BCUT2D eigenvalue weighted by Gasteiger charge is 2.28. The number of benzene rings is 1. The van der Waals surface area contributed by atoms with E-state index >= 15 is 0 Å². The van der Waals surface area contributed by atoms with Crippen LogP contribution >= 0.6 is 0 Å². The summed E-state index contributed by atoms with van der Waals surface area (Å²) in [6.45, 7) is 10.0.